The third-order valence-corrected chi connectivity index (χ3v) is 5.84. The molecule has 0 radical (unpaired) electrons. The smallest absolute Gasteiger partial charge is 0.341 e. The summed E-state index contributed by atoms with van der Waals surface area (Å²) in [5, 5.41) is 1.78. The SMILES string of the molecule is C=CC(NC)S(=O)(=O)c1cccc(C(N)c2c(C)ccoc2=O)c1. The van der Waals surface area contributed by atoms with Gasteiger partial charge in [-0.25, -0.2) is 13.2 Å². The first-order valence-electron chi connectivity index (χ1n) is 7.30. The quantitative estimate of drug-likeness (QED) is 0.767. The summed E-state index contributed by atoms with van der Waals surface area (Å²) >= 11 is 0. The van der Waals surface area contributed by atoms with E-state index in [0.717, 1.165) is 0 Å². The Hall–Kier alpha value is -2.22. The Labute approximate surface area is 140 Å². The van der Waals surface area contributed by atoms with Gasteiger partial charge in [0.2, 0.25) is 0 Å². The maximum absolute atomic E-state index is 12.6. The maximum atomic E-state index is 12.6. The molecule has 0 fully saturated rings. The average molecular weight is 348 g/mol. The molecule has 0 aliphatic rings. The number of nitrogens with one attached hydrogen (secondary N) is 1. The summed E-state index contributed by atoms with van der Waals surface area (Å²) in [5.41, 5.74) is 7.15. The van der Waals surface area contributed by atoms with Crippen LogP contribution in [0.2, 0.25) is 0 Å². The van der Waals surface area contributed by atoms with Gasteiger partial charge in [0.1, 0.15) is 5.37 Å². The fourth-order valence-corrected chi connectivity index (χ4v) is 3.91. The molecule has 1 aromatic carbocycles. The number of rotatable bonds is 6. The summed E-state index contributed by atoms with van der Waals surface area (Å²) in [4.78, 5) is 12.1. The second-order valence-electron chi connectivity index (χ2n) is 5.34. The highest BCUT2D eigenvalue weighted by molar-refractivity contribution is 7.92. The van der Waals surface area contributed by atoms with Crippen molar-refractivity contribution >= 4 is 9.84 Å². The number of benzene rings is 1. The van der Waals surface area contributed by atoms with E-state index < -0.39 is 26.9 Å². The third-order valence-electron chi connectivity index (χ3n) is 3.83. The first-order chi connectivity index (χ1) is 11.3. The van der Waals surface area contributed by atoms with Crippen LogP contribution in [-0.2, 0) is 9.84 Å². The van der Waals surface area contributed by atoms with Gasteiger partial charge in [0.05, 0.1) is 22.8 Å². The Morgan fingerprint density at radius 2 is 2.04 bits per heavy atom. The molecular weight excluding hydrogens is 328 g/mol. The first kappa shape index (κ1) is 18.1. The molecule has 3 N–H and O–H groups in total. The van der Waals surface area contributed by atoms with Gasteiger partial charge in [0, 0.05) is 0 Å². The lowest BCUT2D eigenvalue weighted by Gasteiger charge is -2.16. The standard InChI is InChI=1S/C17H20N2O4S/c1-4-14(19-3)24(21,22)13-7-5-6-12(10-13)16(18)15-11(2)8-9-23-17(15)20/h4-10,14,16,19H,1,18H2,2-3H3. The van der Waals surface area contributed by atoms with E-state index in [0.29, 0.717) is 16.7 Å². The van der Waals surface area contributed by atoms with E-state index in [2.05, 4.69) is 11.9 Å². The van der Waals surface area contributed by atoms with Gasteiger partial charge in [-0.3, -0.25) is 0 Å². The van der Waals surface area contributed by atoms with E-state index in [1.807, 2.05) is 0 Å². The topological polar surface area (TPSA) is 102 Å². The summed E-state index contributed by atoms with van der Waals surface area (Å²) in [6.45, 7) is 5.28. The molecule has 0 bridgehead atoms. The van der Waals surface area contributed by atoms with Crippen molar-refractivity contribution in [3.05, 3.63) is 76.4 Å². The van der Waals surface area contributed by atoms with Gasteiger partial charge < -0.3 is 15.5 Å². The van der Waals surface area contributed by atoms with Crippen LogP contribution in [0.15, 0.2) is 63.4 Å². The van der Waals surface area contributed by atoms with Crippen LogP contribution in [0.3, 0.4) is 0 Å². The number of aryl methyl sites for hydroxylation is 1. The number of sulfone groups is 1. The summed E-state index contributed by atoms with van der Waals surface area (Å²) in [7, 11) is -2.11. The monoisotopic (exact) mass is 348 g/mol. The Morgan fingerprint density at radius 3 is 2.62 bits per heavy atom. The van der Waals surface area contributed by atoms with E-state index >= 15 is 0 Å². The molecule has 2 unspecified atom stereocenters. The minimum Gasteiger partial charge on any atom is -0.431 e. The number of hydrogen-bond donors (Lipinski definition) is 2. The molecule has 24 heavy (non-hydrogen) atoms. The van der Waals surface area contributed by atoms with Crippen LogP contribution >= 0.6 is 0 Å². The third kappa shape index (κ3) is 3.33. The van der Waals surface area contributed by atoms with Gasteiger partial charge >= 0.3 is 5.63 Å². The minimum absolute atomic E-state index is 0.104. The van der Waals surface area contributed by atoms with Crippen molar-refractivity contribution in [2.24, 2.45) is 5.73 Å². The van der Waals surface area contributed by atoms with E-state index in [-0.39, 0.29) is 4.90 Å². The molecule has 0 amide bonds. The molecule has 0 aliphatic carbocycles. The molecule has 0 saturated carbocycles. The van der Waals surface area contributed by atoms with Crippen molar-refractivity contribution in [3.63, 3.8) is 0 Å². The van der Waals surface area contributed by atoms with E-state index in [1.165, 1.54) is 31.5 Å². The summed E-state index contributed by atoms with van der Waals surface area (Å²) in [5.74, 6) is 0. The van der Waals surface area contributed by atoms with Crippen LogP contribution in [0.5, 0.6) is 0 Å². The van der Waals surface area contributed by atoms with Crippen LogP contribution in [0.1, 0.15) is 22.7 Å². The molecule has 2 aromatic rings. The molecule has 128 valence electrons. The first-order valence-corrected chi connectivity index (χ1v) is 8.85. The van der Waals surface area contributed by atoms with Crippen molar-refractivity contribution < 1.29 is 12.8 Å². The molecule has 7 heteroatoms. The van der Waals surface area contributed by atoms with Crippen molar-refractivity contribution in [1.29, 1.82) is 0 Å². The van der Waals surface area contributed by atoms with Crippen molar-refractivity contribution in [2.45, 2.75) is 23.2 Å². The lowest BCUT2D eigenvalue weighted by molar-refractivity contribution is 0.495. The lowest BCUT2D eigenvalue weighted by Crippen LogP contribution is -2.32. The summed E-state index contributed by atoms with van der Waals surface area (Å²) in [6.07, 6.45) is 2.62. The highest BCUT2D eigenvalue weighted by Crippen LogP contribution is 2.24. The van der Waals surface area contributed by atoms with E-state index in [9.17, 15) is 13.2 Å². The van der Waals surface area contributed by atoms with Crippen LogP contribution in [-0.4, -0.2) is 20.8 Å². The van der Waals surface area contributed by atoms with Crippen molar-refractivity contribution in [1.82, 2.24) is 5.32 Å². The highest BCUT2D eigenvalue weighted by Gasteiger charge is 2.25. The Morgan fingerprint density at radius 1 is 1.33 bits per heavy atom. The summed E-state index contributed by atoms with van der Waals surface area (Å²) in [6, 6.07) is 7.09. The molecule has 1 aromatic heterocycles. The maximum Gasteiger partial charge on any atom is 0.341 e. The zero-order chi connectivity index (χ0) is 17.9. The molecule has 2 rings (SSSR count). The number of hydrogen-bond acceptors (Lipinski definition) is 6. The molecule has 2 atom stereocenters. The van der Waals surface area contributed by atoms with Crippen LogP contribution < -0.4 is 16.7 Å². The lowest BCUT2D eigenvalue weighted by atomic mass is 9.98. The van der Waals surface area contributed by atoms with Gasteiger partial charge in [-0.1, -0.05) is 18.2 Å². The predicted molar refractivity (Wildman–Crippen MR) is 92.4 cm³/mol. The van der Waals surface area contributed by atoms with E-state index in [1.54, 1.807) is 25.1 Å². The highest BCUT2D eigenvalue weighted by atomic mass is 32.2. The van der Waals surface area contributed by atoms with Gasteiger partial charge in [0.15, 0.2) is 9.84 Å². The second-order valence-corrected chi connectivity index (χ2v) is 7.41. The largest absolute Gasteiger partial charge is 0.431 e. The molecular formula is C17H20N2O4S. The molecule has 6 nitrogen and oxygen atoms in total. The van der Waals surface area contributed by atoms with Gasteiger partial charge in [0.25, 0.3) is 0 Å². The Kier molecular flexibility index (Phi) is 5.38. The zero-order valence-corrected chi connectivity index (χ0v) is 14.3. The number of nitrogens with two attached hydrogens (primary N) is 1. The van der Waals surface area contributed by atoms with Crippen LogP contribution in [0.25, 0.3) is 0 Å². The second kappa shape index (κ2) is 7.12. The molecule has 0 spiro atoms. The fraction of sp³-hybridized carbons (Fsp3) is 0.235. The molecule has 0 aliphatic heterocycles. The fourth-order valence-electron chi connectivity index (χ4n) is 2.48. The Balaban J connectivity index is 2.52. The van der Waals surface area contributed by atoms with Gasteiger partial charge in [-0.05, 0) is 43.3 Å². The van der Waals surface area contributed by atoms with Crippen LogP contribution in [0.4, 0.5) is 0 Å². The minimum atomic E-state index is -3.65. The predicted octanol–water partition coefficient (Wildman–Crippen LogP) is 1.50. The van der Waals surface area contributed by atoms with Gasteiger partial charge in [-0.2, -0.15) is 0 Å². The normalized spacial score (nSPS) is 14.1. The Bertz CT molecular complexity index is 903. The average Bonchev–Trinajstić information content (AvgIpc) is 2.55. The van der Waals surface area contributed by atoms with E-state index in [4.69, 9.17) is 10.2 Å². The zero-order valence-electron chi connectivity index (χ0n) is 13.5. The van der Waals surface area contributed by atoms with Crippen LogP contribution in [0, 0.1) is 6.92 Å². The van der Waals surface area contributed by atoms with Crippen molar-refractivity contribution in [2.75, 3.05) is 7.05 Å². The number of likely N-dealkylation sites (N-methyl/N-ethyl adjacent to an activating group) is 1. The molecule has 1 heterocycles. The van der Waals surface area contributed by atoms with Gasteiger partial charge in [-0.15, -0.1) is 6.58 Å². The summed E-state index contributed by atoms with van der Waals surface area (Å²) < 4.78 is 30.0. The molecule has 0 saturated heterocycles. The van der Waals surface area contributed by atoms with Crippen molar-refractivity contribution in [3.8, 4) is 0 Å².